The maximum Gasteiger partial charge on any atom is 0.220 e. The molecule has 0 aliphatic heterocycles. The van der Waals surface area contributed by atoms with Crippen molar-refractivity contribution in [2.75, 3.05) is 0 Å². The molecule has 2 heterocycles. The van der Waals surface area contributed by atoms with Crippen molar-refractivity contribution in [1.82, 2.24) is 14.7 Å². The van der Waals surface area contributed by atoms with Gasteiger partial charge in [0.15, 0.2) is 0 Å². The van der Waals surface area contributed by atoms with Crippen molar-refractivity contribution in [3.63, 3.8) is 0 Å². The number of aliphatic hydroxyl groups is 1. The number of nitrogens with zero attached hydrogens (tertiary/aromatic N) is 2. The van der Waals surface area contributed by atoms with E-state index < -0.39 is 0 Å². The number of pyridine rings is 1. The summed E-state index contributed by atoms with van der Waals surface area (Å²) in [6.45, 7) is 0. The van der Waals surface area contributed by atoms with Gasteiger partial charge in [-0.2, -0.15) is 0 Å². The Morgan fingerprint density at radius 3 is 2.69 bits per heavy atom. The predicted octanol–water partition coefficient (Wildman–Crippen LogP) is 2.90. The standard InChI is InChI=1S/C21H23N3O2/c25-18-12-16(13-18)21(15-6-2-1-3-7-15)23-20(26)10-9-17-14-24-11-5-4-8-19(24)22-17/h1-8,11,14,16,18,21,25H,9-10,12-13H2,(H,23,26). The van der Waals surface area contributed by atoms with Gasteiger partial charge < -0.3 is 14.8 Å². The molecule has 3 aromatic rings. The first-order valence-corrected chi connectivity index (χ1v) is 9.14. The van der Waals surface area contributed by atoms with Crippen molar-refractivity contribution in [1.29, 1.82) is 0 Å². The monoisotopic (exact) mass is 349 g/mol. The van der Waals surface area contributed by atoms with E-state index in [0.717, 1.165) is 29.7 Å². The summed E-state index contributed by atoms with van der Waals surface area (Å²) in [6.07, 6.45) is 6.20. The molecule has 1 aliphatic carbocycles. The summed E-state index contributed by atoms with van der Waals surface area (Å²) in [4.78, 5) is 17.1. The van der Waals surface area contributed by atoms with Gasteiger partial charge >= 0.3 is 0 Å². The first-order chi connectivity index (χ1) is 12.7. The van der Waals surface area contributed by atoms with Gasteiger partial charge in [-0.05, 0) is 42.9 Å². The van der Waals surface area contributed by atoms with Crippen LogP contribution in [0.3, 0.4) is 0 Å². The topological polar surface area (TPSA) is 66.6 Å². The fourth-order valence-corrected chi connectivity index (χ4v) is 3.63. The Hall–Kier alpha value is -2.66. The molecule has 1 fully saturated rings. The lowest BCUT2D eigenvalue weighted by atomic mass is 9.75. The number of amides is 1. The maximum atomic E-state index is 12.5. The number of aliphatic hydroxyl groups excluding tert-OH is 1. The second-order valence-electron chi connectivity index (χ2n) is 7.04. The maximum absolute atomic E-state index is 12.5. The highest BCUT2D eigenvalue weighted by atomic mass is 16.3. The van der Waals surface area contributed by atoms with E-state index >= 15 is 0 Å². The van der Waals surface area contributed by atoms with Crippen LogP contribution in [0.4, 0.5) is 0 Å². The molecule has 1 saturated carbocycles. The molecule has 0 radical (unpaired) electrons. The molecular formula is C21H23N3O2. The van der Waals surface area contributed by atoms with Crippen LogP contribution in [0.25, 0.3) is 5.65 Å². The smallest absolute Gasteiger partial charge is 0.220 e. The number of hydrogen-bond acceptors (Lipinski definition) is 3. The van der Waals surface area contributed by atoms with Crippen LogP contribution in [0.5, 0.6) is 0 Å². The Balaban J connectivity index is 1.40. The van der Waals surface area contributed by atoms with Gasteiger partial charge in [-0.25, -0.2) is 4.98 Å². The highest BCUT2D eigenvalue weighted by Gasteiger charge is 2.35. The van der Waals surface area contributed by atoms with Gasteiger partial charge in [0.05, 0.1) is 17.8 Å². The summed E-state index contributed by atoms with van der Waals surface area (Å²) >= 11 is 0. The zero-order valence-corrected chi connectivity index (χ0v) is 14.6. The Morgan fingerprint density at radius 2 is 1.96 bits per heavy atom. The third-order valence-corrected chi connectivity index (χ3v) is 5.12. The largest absolute Gasteiger partial charge is 0.393 e. The molecule has 1 aliphatic rings. The number of carbonyl (C=O) groups is 1. The van der Waals surface area contributed by atoms with Crippen LogP contribution >= 0.6 is 0 Å². The zero-order chi connectivity index (χ0) is 17.9. The molecular weight excluding hydrogens is 326 g/mol. The number of rotatable bonds is 6. The van der Waals surface area contributed by atoms with E-state index in [9.17, 15) is 9.90 Å². The number of nitrogens with one attached hydrogen (secondary N) is 1. The number of hydrogen-bond donors (Lipinski definition) is 2. The first-order valence-electron chi connectivity index (χ1n) is 9.14. The average Bonchev–Trinajstić information content (AvgIpc) is 3.06. The molecule has 5 heteroatoms. The number of aryl methyl sites for hydroxylation is 1. The normalized spacial score (nSPS) is 20.5. The second-order valence-corrected chi connectivity index (χ2v) is 7.04. The van der Waals surface area contributed by atoms with Crippen molar-refractivity contribution in [3.05, 3.63) is 72.2 Å². The summed E-state index contributed by atoms with van der Waals surface area (Å²) in [7, 11) is 0. The van der Waals surface area contributed by atoms with Gasteiger partial charge in [-0.1, -0.05) is 36.4 Å². The summed E-state index contributed by atoms with van der Waals surface area (Å²) in [5.41, 5.74) is 2.92. The van der Waals surface area contributed by atoms with Crippen LogP contribution in [-0.4, -0.2) is 26.5 Å². The van der Waals surface area contributed by atoms with E-state index in [1.165, 1.54) is 0 Å². The quantitative estimate of drug-likeness (QED) is 0.719. The third kappa shape index (κ3) is 3.63. The lowest BCUT2D eigenvalue weighted by Crippen LogP contribution is -2.41. The van der Waals surface area contributed by atoms with Crippen LogP contribution in [-0.2, 0) is 11.2 Å². The Labute approximate surface area is 152 Å². The average molecular weight is 349 g/mol. The van der Waals surface area contributed by atoms with Crippen molar-refractivity contribution in [2.24, 2.45) is 5.92 Å². The first kappa shape index (κ1) is 16.8. The Bertz CT molecular complexity index is 851. The summed E-state index contributed by atoms with van der Waals surface area (Å²) in [6, 6.07) is 15.9. The summed E-state index contributed by atoms with van der Waals surface area (Å²) in [5, 5.41) is 12.8. The second kappa shape index (κ2) is 7.30. The van der Waals surface area contributed by atoms with E-state index in [1.807, 2.05) is 65.3 Å². The van der Waals surface area contributed by atoms with E-state index in [4.69, 9.17) is 0 Å². The SMILES string of the molecule is O=C(CCc1cn2ccccc2n1)NC(c1ccccc1)C1CC(O)C1. The highest BCUT2D eigenvalue weighted by molar-refractivity contribution is 5.76. The molecule has 0 bridgehead atoms. The fourth-order valence-electron chi connectivity index (χ4n) is 3.63. The van der Waals surface area contributed by atoms with E-state index in [-0.39, 0.29) is 18.1 Å². The highest BCUT2D eigenvalue weighted by Crippen LogP contribution is 2.38. The molecule has 1 aromatic carbocycles. The molecule has 5 nitrogen and oxygen atoms in total. The van der Waals surface area contributed by atoms with Crippen LogP contribution in [0.1, 0.15) is 36.6 Å². The van der Waals surface area contributed by atoms with Crippen LogP contribution in [0, 0.1) is 5.92 Å². The number of fused-ring (bicyclic) bond motifs is 1. The van der Waals surface area contributed by atoms with Gasteiger partial charge in [0.25, 0.3) is 0 Å². The van der Waals surface area contributed by atoms with Crippen molar-refractivity contribution in [3.8, 4) is 0 Å². The summed E-state index contributed by atoms with van der Waals surface area (Å²) < 4.78 is 1.97. The van der Waals surface area contributed by atoms with Crippen LogP contribution < -0.4 is 5.32 Å². The number of imidazole rings is 1. The molecule has 1 atom stereocenters. The van der Waals surface area contributed by atoms with Crippen molar-refractivity contribution < 1.29 is 9.90 Å². The predicted molar refractivity (Wildman–Crippen MR) is 99.6 cm³/mol. The van der Waals surface area contributed by atoms with Gasteiger partial charge in [0.1, 0.15) is 5.65 Å². The number of benzene rings is 1. The molecule has 1 unspecified atom stereocenters. The molecule has 2 N–H and O–H groups in total. The molecule has 134 valence electrons. The van der Waals surface area contributed by atoms with Gasteiger partial charge in [-0.3, -0.25) is 4.79 Å². The molecule has 2 aromatic heterocycles. The Morgan fingerprint density at radius 1 is 1.19 bits per heavy atom. The van der Waals surface area contributed by atoms with Crippen LogP contribution in [0.15, 0.2) is 60.9 Å². The van der Waals surface area contributed by atoms with Crippen molar-refractivity contribution in [2.45, 2.75) is 37.8 Å². The summed E-state index contributed by atoms with van der Waals surface area (Å²) in [5.74, 6) is 0.323. The minimum absolute atomic E-state index is 0.0253. The van der Waals surface area contributed by atoms with Crippen molar-refractivity contribution >= 4 is 11.6 Å². The molecule has 26 heavy (non-hydrogen) atoms. The van der Waals surface area contributed by atoms with Gasteiger partial charge in [-0.15, -0.1) is 0 Å². The minimum atomic E-state index is -0.235. The van der Waals surface area contributed by atoms with E-state index in [2.05, 4.69) is 10.3 Å². The lowest BCUT2D eigenvalue weighted by Gasteiger charge is -2.38. The molecule has 1 amide bonds. The van der Waals surface area contributed by atoms with E-state index in [1.54, 1.807) is 0 Å². The molecule has 0 spiro atoms. The zero-order valence-electron chi connectivity index (χ0n) is 14.6. The minimum Gasteiger partial charge on any atom is -0.393 e. The van der Waals surface area contributed by atoms with Gasteiger partial charge in [0.2, 0.25) is 5.91 Å². The van der Waals surface area contributed by atoms with Gasteiger partial charge in [0, 0.05) is 18.8 Å². The Kier molecular flexibility index (Phi) is 4.71. The third-order valence-electron chi connectivity index (χ3n) is 5.12. The number of carbonyl (C=O) groups excluding carboxylic acids is 1. The van der Waals surface area contributed by atoms with E-state index in [0.29, 0.717) is 18.8 Å². The van der Waals surface area contributed by atoms with Crippen LogP contribution in [0.2, 0.25) is 0 Å². The fraction of sp³-hybridized carbons (Fsp3) is 0.333. The molecule has 0 saturated heterocycles. The number of aromatic nitrogens is 2. The molecule has 4 rings (SSSR count). The lowest BCUT2D eigenvalue weighted by molar-refractivity contribution is -0.123.